The number of hydrogen-bond acceptors (Lipinski definition) is 4. The lowest BCUT2D eigenvalue weighted by Gasteiger charge is -2.23. The average molecular weight is 241 g/mol. The molecule has 2 fully saturated rings. The predicted molar refractivity (Wildman–Crippen MR) is 65.7 cm³/mol. The molecule has 2 aliphatic rings. The number of hydrogen-bond donors (Lipinski definition) is 1. The van der Waals surface area contributed by atoms with Crippen molar-refractivity contribution < 1.29 is 9.53 Å². The summed E-state index contributed by atoms with van der Waals surface area (Å²) in [5.74, 6) is 0.111. The van der Waals surface area contributed by atoms with Crippen LogP contribution in [0.4, 0.5) is 0 Å². The largest absolute Gasteiger partial charge is 0.370 e. The lowest BCUT2D eigenvalue weighted by atomic mass is 10.2. The Morgan fingerprint density at radius 2 is 2.06 bits per heavy atom. The van der Waals surface area contributed by atoms with Crippen molar-refractivity contribution in [3.63, 3.8) is 0 Å². The molecule has 5 nitrogen and oxygen atoms in total. The number of rotatable bonds is 5. The fourth-order valence-electron chi connectivity index (χ4n) is 2.71. The van der Waals surface area contributed by atoms with Gasteiger partial charge in [0.2, 0.25) is 5.91 Å². The first-order valence-corrected chi connectivity index (χ1v) is 6.61. The summed E-state index contributed by atoms with van der Waals surface area (Å²) in [6, 6.07) is 0.580. The van der Waals surface area contributed by atoms with Gasteiger partial charge in [-0.25, -0.2) is 0 Å². The summed E-state index contributed by atoms with van der Waals surface area (Å²) in [5.41, 5.74) is 5.32. The minimum atomic E-state index is 0.111. The number of likely N-dealkylation sites (tertiary alicyclic amines) is 2. The maximum Gasteiger partial charge on any atom is 0.248 e. The summed E-state index contributed by atoms with van der Waals surface area (Å²) in [4.78, 5) is 16.3. The van der Waals surface area contributed by atoms with Crippen LogP contribution in [0.3, 0.4) is 0 Å². The minimum absolute atomic E-state index is 0.111. The molecule has 0 bridgehead atoms. The van der Waals surface area contributed by atoms with E-state index >= 15 is 0 Å². The number of carbonyl (C=O) groups excluding carboxylic acids is 1. The number of ether oxygens (including phenoxy) is 1. The van der Waals surface area contributed by atoms with E-state index < -0.39 is 0 Å². The van der Waals surface area contributed by atoms with Gasteiger partial charge in [0.25, 0.3) is 0 Å². The SMILES string of the molecule is NCCOCC(=O)N1CCC(N2CCCC2)C1. The molecule has 0 aromatic heterocycles. The zero-order valence-corrected chi connectivity index (χ0v) is 10.4. The van der Waals surface area contributed by atoms with Crippen LogP contribution in [0.2, 0.25) is 0 Å². The van der Waals surface area contributed by atoms with E-state index in [9.17, 15) is 4.79 Å². The van der Waals surface area contributed by atoms with Crippen molar-refractivity contribution in [3.8, 4) is 0 Å². The van der Waals surface area contributed by atoms with Crippen molar-refractivity contribution in [2.75, 3.05) is 45.9 Å². The first-order valence-electron chi connectivity index (χ1n) is 6.61. The normalized spacial score (nSPS) is 25.7. The molecule has 0 saturated carbocycles. The van der Waals surface area contributed by atoms with E-state index in [1.807, 2.05) is 4.90 Å². The van der Waals surface area contributed by atoms with Crippen LogP contribution in [0.1, 0.15) is 19.3 Å². The van der Waals surface area contributed by atoms with Gasteiger partial charge in [-0.15, -0.1) is 0 Å². The number of carbonyl (C=O) groups is 1. The van der Waals surface area contributed by atoms with E-state index in [1.165, 1.54) is 25.9 Å². The zero-order chi connectivity index (χ0) is 12.1. The van der Waals surface area contributed by atoms with Crippen LogP contribution < -0.4 is 5.73 Å². The Balaban J connectivity index is 1.71. The molecule has 2 N–H and O–H groups in total. The molecule has 1 unspecified atom stereocenters. The van der Waals surface area contributed by atoms with Crippen LogP contribution in [0.15, 0.2) is 0 Å². The molecule has 0 radical (unpaired) electrons. The van der Waals surface area contributed by atoms with Crippen molar-refractivity contribution in [1.82, 2.24) is 9.80 Å². The van der Waals surface area contributed by atoms with Gasteiger partial charge in [-0.05, 0) is 32.4 Å². The van der Waals surface area contributed by atoms with Gasteiger partial charge < -0.3 is 15.4 Å². The predicted octanol–water partition coefficient (Wildman–Crippen LogP) is -0.342. The lowest BCUT2D eigenvalue weighted by molar-refractivity contribution is -0.135. The minimum Gasteiger partial charge on any atom is -0.370 e. The summed E-state index contributed by atoms with van der Waals surface area (Å²) < 4.78 is 5.19. The third kappa shape index (κ3) is 3.40. The highest BCUT2D eigenvalue weighted by atomic mass is 16.5. The second-order valence-corrected chi connectivity index (χ2v) is 4.87. The summed E-state index contributed by atoms with van der Waals surface area (Å²) >= 11 is 0. The van der Waals surface area contributed by atoms with Gasteiger partial charge in [-0.2, -0.15) is 0 Å². The van der Waals surface area contributed by atoms with Crippen molar-refractivity contribution in [3.05, 3.63) is 0 Å². The van der Waals surface area contributed by atoms with Crippen LogP contribution in [-0.2, 0) is 9.53 Å². The standard InChI is InChI=1S/C12H23N3O2/c13-4-8-17-10-12(16)15-7-3-11(9-15)14-5-1-2-6-14/h11H,1-10,13H2. The Labute approximate surface area is 103 Å². The lowest BCUT2D eigenvalue weighted by Crippen LogP contribution is -2.38. The third-order valence-electron chi connectivity index (χ3n) is 3.66. The van der Waals surface area contributed by atoms with E-state index in [-0.39, 0.29) is 12.5 Å². The molecule has 1 amide bonds. The molecular formula is C12H23N3O2. The molecule has 2 aliphatic heterocycles. The van der Waals surface area contributed by atoms with Crippen molar-refractivity contribution in [2.45, 2.75) is 25.3 Å². The first-order chi connectivity index (χ1) is 8.31. The van der Waals surface area contributed by atoms with Crippen LogP contribution >= 0.6 is 0 Å². The summed E-state index contributed by atoms with van der Waals surface area (Å²) in [7, 11) is 0. The second-order valence-electron chi connectivity index (χ2n) is 4.87. The summed E-state index contributed by atoms with van der Waals surface area (Å²) in [5, 5.41) is 0. The fourth-order valence-corrected chi connectivity index (χ4v) is 2.71. The van der Waals surface area contributed by atoms with Gasteiger partial charge in [0.15, 0.2) is 0 Å². The van der Waals surface area contributed by atoms with Gasteiger partial charge in [0.1, 0.15) is 6.61 Å². The topological polar surface area (TPSA) is 58.8 Å². The molecule has 0 spiro atoms. The molecule has 17 heavy (non-hydrogen) atoms. The molecule has 2 rings (SSSR count). The Bertz CT molecular complexity index is 254. The van der Waals surface area contributed by atoms with Crippen LogP contribution in [0, 0.1) is 0 Å². The molecule has 0 aromatic rings. The highest BCUT2D eigenvalue weighted by Gasteiger charge is 2.31. The Morgan fingerprint density at radius 3 is 2.76 bits per heavy atom. The maximum atomic E-state index is 11.8. The maximum absolute atomic E-state index is 11.8. The Kier molecular flexibility index (Phi) is 4.76. The van der Waals surface area contributed by atoms with E-state index in [2.05, 4.69) is 4.90 Å². The van der Waals surface area contributed by atoms with Gasteiger partial charge in [-0.3, -0.25) is 9.69 Å². The monoisotopic (exact) mass is 241 g/mol. The molecular weight excluding hydrogens is 218 g/mol. The number of nitrogens with two attached hydrogens (primary N) is 1. The molecule has 2 saturated heterocycles. The van der Waals surface area contributed by atoms with Gasteiger partial charge in [0.05, 0.1) is 6.61 Å². The fraction of sp³-hybridized carbons (Fsp3) is 0.917. The van der Waals surface area contributed by atoms with Crippen molar-refractivity contribution >= 4 is 5.91 Å². The van der Waals surface area contributed by atoms with Crippen molar-refractivity contribution in [1.29, 1.82) is 0 Å². The Morgan fingerprint density at radius 1 is 1.29 bits per heavy atom. The first kappa shape index (κ1) is 12.8. The van der Waals surface area contributed by atoms with Gasteiger partial charge in [0, 0.05) is 25.7 Å². The van der Waals surface area contributed by atoms with Crippen LogP contribution in [-0.4, -0.2) is 67.7 Å². The molecule has 1 atom stereocenters. The average Bonchev–Trinajstić information content (AvgIpc) is 3.00. The number of amides is 1. The summed E-state index contributed by atoms with van der Waals surface area (Å²) in [6.07, 6.45) is 3.73. The van der Waals surface area contributed by atoms with E-state index in [0.29, 0.717) is 19.2 Å². The van der Waals surface area contributed by atoms with Gasteiger partial charge >= 0.3 is 0 Å². The van der Waals surface area contributed by atoms with Crippen LogP contribution in [0.5, 0.6) is 0 Å². The van der Waals surface area contributed by atoms with Crippen molar-refractivity contribution in [2.24, 2.45) is 5.73 Å². The Hall–Kier alpha value is -0.650. The van der Waals surface area contributed by atoms with Gasteiger partial charge in [-0.1, -0.05) is 0 Å². The third-order valence-corrected chi connectivity index (χ3v) is 3.66. The molecule has 5 heteroatoms. The van der Waals surface area contributed by atoms with E-state index in [1.54, 1.807) is 0 Å². The van der Waals surface area contributed by atoms with E-state index in [0.717, 1.165) is 19.5 Å². The molecule has 98 valence electrons. The second kappa shape index (κ2) is 6.33. The highest BCUT2D eigenvalue weighted by molar-refractivity contribution is 5.77. The van der Waals surface area contributed by atoms with E-state index in [4.69, 9.17) is 10.5 Å². The smallest absolute Gasteiger partial charge is 0.248 e. The summed E-state index contributed by atoms with van der Waals surface area (Å²) in [6.45, 7) is 5.30. The van der Waals surface area contributed by atoms with Crippen LogP contribution in [0.25, 0.3) is 0 Å². The molecule has 0 aliphatic carbocycles. The zero-order valence-electron chi connectivity index (χ0n) is 10.4. The number of nitrogens with zero attached hydrogens (tertiary/aromatic N) is 2. The molecule has 2 heterocycles. The highest BCUT2D eigenvalue weighted by Crippen LogP contribution is 2.20. The molecule has 0 aromatic carbocycles. The quantitative estimate of drug-likeness (QED) is 0.669.